The molecule has 1 unspecified atom stereocenters. The second kappa shape index (κ2) is 6.82. The molecule has 0 radical (unpaired) electrons. The smallest absolute Gasteiger partial charge is 0.233 e. The highest BCUT2D eigenvalue weighted by Gasteiger charge is 2.27. The van der Waals surface area contributed by atoms with Crippen LogP contribution >= 0.6 is 11.8 Å². The van der Waals surface area contributed by atoms with E-state index < -0.39 is 0 Å². The topological polar surface area (TPSA) is 55.6 Å². The van der Waals surface area contributed by atoms with Crippen LogP contribution in [0, 0.1) is 0 Å². The number of methoxy groups -OCH3 is 1. The number of ether oxygens (including phenoxy) is 1. The molecule has 0 saturated carbocycles. The molecule has 1 saturated heterocycles. The molecule has 1 aliphatic rings. The van der Waals surface area contributed by atoms with E-state index in [1.165, 1.54) is 0 Å². The van der Waals surface area contributed by atoms with Gasteiger partial charge in [-0.2, -0.15) is 0 Å². The van der Waals surface area contributed by atoms with Gasteiger partial charge in [-0.05, 0) is 37.1 Å². The standard InChI is InChI=1S/C14H20N2O2S/c1-18-12-4-6-13(7-5-12)19-10-14(17)16-8-2-3-11(16)9-15/h4-7,11H,2-3,8-10,15H2,1H3. The van der Waals surface area contributed by atoms with E-state index in [4.69, 9.17) is 10.5 Å². The molecule has 2 N–H and O–H groups in total. The number of nitrogens with two attached hydrogens (primary N) is 1. The van der Waals surface area contributed by atoms with Crippen molar-refractivity contribution in [3.8, 4) is 5.75 Å². The zero-order valence-corrected chi connectivity index (χ0v) is 12.0. The van der Waals surface area contributed by atoms with E-state index in [0.717, 1.165) is 30.0 Å². The van der Waals surface area contributed by atoms with Crippen molar-refractivity contribution in [1.29, 1.82) is 0 Å². The largest absolute Gasteiger partial charge is 0.497 e. The van der Waals surface area contributed by atoms with Crippen LogP contribution in [-0.2, 0) is 4.79 Å². The van der Waals surface area contributed by atoms with E-state index in [1.807, 2.05) is 29.2 Å². The number of hydrogen-bond acceptors (Lipinski definition) is 4. The van der Waals surface area contributed by atoms with Gasteiger partial charge >= 0.3 is 0 Å². The SMILES string of the molecule is COc1ccc(SCC(=O)N2CCCC2CN)cc1. The fourth-order valence-electron chi connectivity index (χ4n) is 2.31. The second-order valence-electron chi connectivity index (χ2n) is 4.58. The summed E-state index contributed by atoms with van der Waals surface area (Å²) in [6.07, 6.45) is 2.11. The number of benzene rings is 1. The number of carbonyl (C=O) groups is 1. The van der Waals surface area contributed by atoms with Gasteiger partial charge in [0.2, 0.25) is 5.91 Å². The van der Waals surface area contributed by atoms with Crippen molar-refractivity contribution < 1.29 is 9.53 Å². The predicted molar refractivity (Wildman–Crippen MR) is 77.5 cm³/mol. The summed E-state index contributed by atoms with van der Waals surface area (Å²) in [4.78, 5) is 15.1. The van der Waals surface area contributed by atoms with Gasteiger partial charge in [0.15, 0.2) is 0 Å². The highest BCUT2D eigenvalue weighted by molar-refractivity contribution is 8.00. The summed E-state index contributed by atoms with van der Waals surface area (Å²) >= 11 is 1.56. The molecule has 1 fully saturated rings. The predicted octanol–water partition coefficient (Wildman–Crippen LogP) is 1.74. The Morgan fingerprint density at radius 2 is 2.21 bits per heavy atom. The van der Waals surface area contributed by atoms with Crippen LogP contribution in [0.1, 0.15) is 12.8 Å². The fourth-order valence-corrected chi connectivity index (χ4v) is 3.09. The number of amides is 1. The molecule has 0 aromatic heterocycles. The normalized spacial score (nSPS) is 18.6. The third-order valence-electron chi connectivity index (χ3n) is 3.39. The van der Waals surface area contributed by atoms with Crippen LogP contribution in [0.25, 0.3) is 0 Å². The first kappa shape index (κ1) is 14.2. The summed E-state index contributed by atoms with van der Waals surface area (Å²) in [5, 5.41) is 0. The second-order valence-corrected chi connectivity index (χ2v) is 5.63. The first-order chi connectivity index (χ1) is 9.24. The van der Waals surface area contributed by atoms with E-state index >= 15 is 0 Å². The Balaban J connectivity index is 1.85. The first-order valence-electron chi connectivity index (χ1n) is 6.51. The Labute approximate surface area is 118 Å². The van der Waals surface area contributed by atoms with Gasteiger partial charge < -0.3 is 15.4 Å². The molecule has 19 heavy (non-hydrogen) atoms. The number of hydrogen-bond donors (Lipinski definition) is 1. The maximum atomic E-state index is 12.1. The molecule has 1 atom stereocenters. The van der Waals surface area contributed by atoms with Crippen LogP contribution in [0.5, 0.6) is 5.75 Å². The van der Waals surface area contributed by atoms with Gasteiger partial charge in [0, 0.05) is 24.0 Å². The summed E-state index contributed by atoms with van der Waals surface area (Å²) in [6.45, 7) is 1.42. The van der Waals surface area contributed by atoms with E-state index in [2.05, 4.69) is 0 Å². The molecule has 0 bridgehead atoms. The lowest BCUT2D eigenvalue weighted by Gasteiger charge is -2.23. The Hall–Kier alpha value is -1.20. The molecule has 1 aromatic carbocycles. The van der Waals surface area contributed by atoms with Crippen molar-refractivity contribution in [3.63, 3.8) is 0 Å². The van der Waals surface area contributed by atoms with Gasteiger partial charge in [-0.25, -0.2) is 0 Å². The van der Waals surface area contributed by atoms with E-state index in [1.54, 1.807) is 18.9 Å². The van der Waals surface area contributed by atoms with Gasteiger partial charge in [-0.3, -0.25) is 4.79 Å². The van der Waals surface area contributed by atoms with Crippen LogP contribution < -0.4 is 10.5 Å². The van der Waals surface area contributed by atoms with Crippen LogP contribution in [0.3, 0.4) is 0 Å². The Kier molecular flexibility index (Phi) is 5.10. The zero-order valence-electron chi connectivity index (χ0n) is 11.2. The van der Waals surface area contributed by atoms with E-state index in [-0.39, 0.29) is 11.9 Å². The Morgan fingerprint density at radius 1 is 1.47 bits per heavy atom. The van der Waals surface area contributed by atoms with Crippen LogP contribution in [0.15, 0.2) is 29.2 Å². The van der Waals surface area contributed by atoms with Gasteiger partial charge in [0.1, 0.15) is 5.75 Å². The lowest BCUT2D eigenvalue weighted by Crippen LogP contribution is -2.40. The quantitative estimate of drug-likeness (QED) is 0.835. The minimum atomic E-state index is 0.189. The van der Waals surface area contributed by atoms with Gasteiger partial charge in [-0.15, -0.1) is 11.8 Å². The Bertz CT molecular complexity index is 422. The van der Waals surface area contributed by atoms with Crippen molar-refractivity contribution in [1.82, 2.24) is 4.90 Å². The summed E-state index contributed by atoms with van der Waals surface area (Å²) in [5.41, 5.74) is 5.69. The number of likely N-dealkylation sites (tertiary alicyclic amines) is 1. The number of carbonyl (C=O) groups excluding carboxylic acids is 1. The zero-order chi connectivity index (χ0) is 13.7. The van der Waals surface area contributed by atoms with Crippen molar-refractivity contribution in [3.05, 3.63) is 24.3 Å². The minimum Gasteiger partial charge on any atom is -0.497 e. The minimum absolute atomic E-state index is 0.189. The highest BCUT2D eigenvalue weighted by atomic mass is 32.2. The molecular formula is C14H20N2O2S. The summed E-state index contributed by atoms with van der Waals surface area (Å²) in [7, 11) is 1.64. The fraction of sp³-hybridized carbons (Fsp3) is 0.500. The van der Waals surface area contributed by atoms with Gasteiger partial charge in [0.25, 0.3) is 0 Å². The average molecular weight is 280 g/mol. The molecule has 1 aromatic rings. The molecular weight excluding hydrogens is 260 g/mol. The molecule has 1 aliphatic heterocycles. The van der Waals surface area contributed by atoms with Crippen LogP contribution in [-0.4, -0.2) is 42.8 Å². The number of nitrogens with zero attached hydrogens (tertiary/aromatic N) is 1. The third kappa shape index (κ3) is 3.64. The van der Waals surface area contributed by atoms with Crippen molar-refractivity contribution in [2.24, 2.45) is 5.73 Å². The van der Waals surface area contributed by atoms with Crippen molar-refractivity contribution >= 4 is 17.7 Å². The molecule has 0 aliphatic carbocycles. The van der Waals surface area contributed by atoms with E-state index in [0.29, 0.717) is 12.3 Å². The summed E-state index contributed by atoms with van der Waals surface area (Å²) in [5.74, 6) is 1.50. The van der Waals surface area contributed by atoms with Crippen LogP contribution in [0.2, 0.25) is 0 Å². The molecule has 4 nitrogen and oxygen atoms in total. The maximum Gasteiger partial charge on any atom is 0.233 e. The molecule has 5 heteroatoms. The van der Waals surface area contributed by atoms with Crippen molar-refractivity contribution in [2.75, 3.05) is 26.0 Å². The van der Waals surface area contributed by atoms with Crippen molar-refractivity contribution in [2.45, 2.75) is 23.8 Å². The monoisotopic (exact) mass is 280 g/mol. The van der Waals surface area contributed by atoms with Crippen LogP contribution in [0.4, 0.5) is 0 Å². The van der Waals surface area contributed by atoms with Gasteiger partial charge in [0.05, 0.1) is 12.9 Å². The molecule has 1 heterocycles. The first-order valence-corrected chi connectivity index (χ1v) is 7.49. The van der Waals surface area contributed by atoms with Gasteiger partial charge in [-0.1, -0.05) is 0 Å². The Morgan fingerprint density at radius 3 is 2.84 bits per heavy atom. The highest BCUT2D eigenvalue weighted by Crippen LogP contribution is 2.23. The lowest BCUT2D eigenvalue weighted by molar-refractivity contribution is -0.128. The maximum absolute atomic E-state index is 12.1. The summed E-state index contributed by atoms with van der Waals surface area (Å²) < 4.78 is 5.11. The molecule has 0 spiro atoms. The van der Waals surface area contributed by atoms with E-state index in [9.17, 15) is 4.79 Å². The third-order valence-corrected chi connectivity index (χ3v) is 4.39. The lowest BCUT2D eigenvalue weighted by atomic mass is 10.2. The average Bonchev–Trinajstić information content (AvgIpc) is 2.93. The number of thioether (sulfide) groups is 1. The molecule has 2 rings (SSSR count). The number of rotatable bonds is 5. The summed E-state index contributed by atoms with van der Waals surface area (Å²) in [6, 6.07) is 8.00. The molecule has 104 valence electrons. The molecule has 1 amide bonds.